The first-order chi connectivity index (χ1) is 6.40. The molecular formula is C7H9NaO5S2. The van der Waals surface area contributed by atoms with E-state index in [0.29, 0.717) is 6.42 Å². The van der Waals surface area contributed by atoms with Gasteiger partial charge in [-0.15, -0.1) is 0 Å². The Labute approximate surface area is 115 Å². The molecule has 0 saturated heterocycles. The van der Waals surface area contributed by atoms with Crippen molar-refractivity contribution in [3.8, 4) is 0 Å². The van der Waals surface area contributed by atoms with Gasteiger partial charge in [-0.25, -0.2) is 4.21 Å². The fourth-order valence-corrected chi connectivity index (χ4v) is 3.13. The molecule has 0 amide bonds. The van der Waals surface area contributed by atoms with E-state index in [2.05, 4.69) is 15.5 Å². The van der Waals surface area contributed by atoms with E-state index in [1.165, 1.54) is 6.92 Å². The van der Waals surface area contributed by atoms with Gasteiger partial charge in [0.2, 0.25) is 0 Å². The fraction of sp³-hybridized carbons (Fsp3) is 0.714. The number of hydrogen-bond acceptors (Lipinski definition) is 6. The maximum Gasteiger partial charge on any atom is 1.00 e. The first-order valence-electron chi connectivity index (χ1n) is 3.98. The molecule has 0 bridgehead atoms. The summed E-state index contributed by atoms with van der Waals surface area (Å²) in [7, 11) is -3.45. The van der Waals surface area contributed by atoms with Crippen LogP contribution in [-0.4, -0.2) is 21.0 Å². The van der Waals surface area contributed by atoms with Crippen molar-refractivity contribution in [2.75, 3.05) is 0 Å². The SMILES string of the molecule is CC(=O)CCC1C(=O)C1S(=O)(=S)O[O-].[Na+]. The number of rotatable bonds is 5. The van der Waals surface area contributed by atoms with E-state index >= 15 is 0 Å². The standard InChI is InChI=1S/C7H10O5S2.Na/c1-4(8)2-3-5-6(9)7(5)14(11,13)12-10;/h5,7,10H,2-3H2,1H3;/q;+1/p-1. The summed E-state index contributed by atoms with van der Waals surface area (Å²) < 4.78 is 14.5. The second kappa shape index (κ2) is 5.81. The minimum Gasteiger partial charge on any atom is -0.709 e. The Hall–Kier alpha value is 0.630. The van der Waals surface area contributed by atoms with Gasteiger partial charge in [0.05, 0.1) is 0 Å². The summed E-state index contributed by atoms with van der Waals surface area (Å²) in [6.45, 7) is 1.40. The van der Waals surface area contributed by atoms with Crippen LogP contribution < -0.4 is 34.8 Å². The van der Waals surface area contributed by atoms with Gasteiger partial charge in [0.15, 0.2) is 5.78 Å². The van der Waals surface area contributed by atoms with Gasteiger partial charge in [-0.1, -0.05) is 0 Å². The van der Waals surface area contributed by atoms with Gasteiger partial charge in [0.1, 0.15) is 19.8 Å². The summed E-state index contributed by atoms with van der Waals surface area (Å²) in [6.07, 6.45) is 0.534. The average Bonchev–Trinajstić information content (AvgIpc) is 2.74. The summed E-state index contributed by atoms with van der Waals surface area (Å²) in [5.74, 6) is -0.915. The van der Waals surface area contributed by atoms with Crippen LogP contribution in [0.2, 0.25) is 0 Å². The zero-order valence-electron chi connectivity index (χ0n) is 8.43. The van der Waals surface area contributed by atoms with Gasteiger partial charge in [0.25, 0.3) is 0 Å². The molecule has 3 atom stereocenters. The monoisotopic (exact) mass is 260 g/mol. The van der Waals surface area contributed by atoms with Crippen LogP contribution in [0.15, 0.2) is 0 Å². The van der Waals surface area contributed by atoms with Crippen LogP contribution in [0.4, 0.5) is 0 Å². The van der Waals surface area contributed by atoms with Gasteiger partial charge in [0, 0.05) is 23.5 Å². The maximum absolute atomic E-state index is 11.2. The van der Waals surface area contributed by atoms with Crippen molar-refractivity contribution in [3.05, 3.63) is 0 Å². The van der Waals surface area contributed by atoms with Gasteiger partial charge < -0.3 is 14.4 Å². The predicted octanol–water partition coefficient (Wildman–Crippen LogP) is -4.12. The van der Waals surface area contributed by atoms with Crippen molar-refractivity contribution < 1.29 is 52.9 Å². The molecule has 1 rings (SSSR count). The van der Waals surface area contributed by atoms with Crippen molar-refractivity contribution in [2.24, 2.45) is 5.92 Å². The van der Waals surface area contributed by atoms with Gasteiger partial charge >= 0.3 is 29.6 Å². The molecule has 80 valence electrons. The third-order valence-corrected chi connectivity index (χ3v) is 4.28. The minimum absolute atomic E-state index is 0. The smallest absolute Gasteiger partial charge is 0.709 e. The van der Waals surface area contributed by atoms with Crippen LogP contribution in [-0.2, 0) is 33.9 Å². The van der Waals surface area contributed by atoms with Crippen LogP contribution in [0.3, 0.4) is 0 Å². The first-order valence-corrected chi connectivity index (χ1v) is 6.45. The third kappa shape index (κ3) is 3.85. The quantitative estimate of drug-likeness (QED) is 0.284. The van der Waals surface area contributed by atoms with Gasteiger partial charge in [-0.05, 0) is 13.3 Å². The van der Waals surface area contributed by atoms with Crippen LogP contribution in [0.25, 0.3) is 0 Å². The van der Waals surface area contributed by atoms with Crippen LogP contribution in [0.1, 0.15) is 19.8 Å². The first kappa shape index (κ1) is 15.6. The molecule has 0 spiro atoms. The van der Waals surface area contributed by atoms with Gasteiger partial charge in [-0.3, -0.25) is 4.79 Å². The number of hydrogen-bond donors (Lipinski definition) is 0. The van der Waals surface area contributed by atoms with E-state index in [1.807, 2.05) is 0 Å². The Balaban J connectivity index is 0.00000196. The fourth-order valence-electron chi connectivity index (χ4n) is 1.30. The van der Waals surface area contributed by atoms with Crippen molar-refractivity contribution in [1.29, 1.82) is 0 Å². The zero-order valence-corrected chi connectivity index (χ0v) is 12.1. The van der Waals surface area contributed by atoms with Crippen LogP contribution >= 0.6 is 0 Å². The zero-order chi connectivity index (χ0) is 10.9. The topological polar surface area (TPSA) is 83.5 Å². The normalized spacial score (nSPS) is 27.7. The van der Waals surface area contributed by atoms with Gasteiger partial charge in [-0.2, -0.15) is 0 Å². The summed E-state index contributed by atoms with van der Waals surface area (Å²) >= 11 is 4.35. The Bertz CT molecular complexity index is 364. The number of carbonyl (C=O) groups excluding carboxylic acids is 2. The summed E-state index contributed by atoms with van der Waals surface area (Å²) in [4.78, 5) is 21.7. The van der Waals surface area contributed by atoms with Crippen LogP contribution in [0, 0.1) is 5.92 Å². The Morgan fingerprint density at radius 1 is 1.67 bits per heavy atom. The number of ketones is 2. The molecule has 1 fully saturated rings. The Morgan fingerprint density at radius 2 is 2.20 bits per heavy atom. The average molecular weight is 260 g/mol. The van der Waals surface area contributed by atoms with Crippen molar-refractivity contribution in [1.82, 2.24) is 0 Å². The molecule has 0 aliphatic heterocycles. The maximum atomic E-state index is 11.2. The minimum atomic E-state index is -3.45. The molecule has 3 unspecified atom stereocenters. The van der Waals surface area contributed by atoms with Crippen molar-refractivity contribution >= 4 is 31.5 Å². The Morgan fingerprint density at radius 3 is 2.60 bits per heavy atom. The molecule has 1 aliphatic rings. The summed E-state index contributed by atoms with van der Waals surface area (Å²) in [5, 5.41) is 8.99. The van der Waals surface area contributed by atoms with E-state index in [4.69, 9.17) is 0 Å². The van der Waals surface area contributed by atoms with E-state index in [1.54, 1.807) is 0 Å². The second-order valence-corrected chi connectivity index (χ2v) is 6.25. The predicted molar refractivity (Wildman–Crippen MR) is 48.8 cm³/mol. The molecule has 0 heterocycles. The summed E-state index contributed by atoms with van der Waals surface area (Å²) in [6, 6.07) is 0. The Kier molecular flexibility index (Phi) is 6.05. The number of Topliss-reactive ketones (excluding diaryl/α,β-unsaturated/α-hetero) is 2. The largest absolute Gasteiger partial charge is 1.00 e. The molecule has 0 aromatic heterocycles. The molecule has 0 aromatic carbocycles. The summed E-state index contributed by atoms with van der Waals surface area (Å²) in [5.41, 5.74) is 0. The molecular weight excluding hydrogens is 251 g/mol. The molecule has 5 nitrogen and oxygen atoms in total. The molecule has 0 radical (unpaired) electrons. The molecule has 0 aromatic rings. The molecule has 15 heavy (non-hydrogen) atoms. The van der Waals surface area contributed by atoms with Crippen LogP contribution in [0.5, 0.6) is 0 Å². The molecule has 1 aliphatic carbocycles. The van der Waals surface area contributed by atoms with E-state index in [-0.39, 0.29) is 47.5 Å². The third-order valence-electron chi connectivity index (χ3n) is 2.12. The molecule has 1 saturated carbocycles. The van der Waals surface area contributed by atoms with Crippen molar-refractivity contribution in [2.45, 2.75) is 25.0 Å². The molecule has 8 heteroatoms. The van der Waals surface area contributed by atoms with E-state index in [0.717, 1.165) is 0 Å². The second-order valence-electron chi connectivity index (χ2n) is 3.23. The number of carbonyl (C=O) groups is 2. The van der Waals surface area contributed by atoms with E-state index in [9.17, 15) is 19.1 Å². The molecule has 0 N–H and O–H groups in total. The van der Waals surface area contributed by atoms with Crippen molar-refractivity contribution in [3.63, 3.8) is 0 Å². The van der Waals surface area contributed by atoms with E-state index < -0.39 is 19.9 Å².